The van der Waals surface area contributed by atoms with E-state index in [1.165, 1.54) is 0 Å². The van der Waals surface area contributed by atoms with Crippen molar-refractivity contribution in [2.45, 2.75) is 32.1 Å². The molecule has 2 amide bonds. The highest BCUT2D eigenvalue weighted by Crippen LogP contribution is 2.21. The number of urea groups is 1. The average Bonchev–Trinajstić information content (AvgIpc) is 2.92. The van der Waals surface area contributed by atoms with Crippen LogP contribution in [0.15, 0.2) is 0 Å². The smallest absolute Gasteiger partial charge is 0.317 e. The molecule has 0 spiro atoms. The second kappa shape index (κ2) is 7.14. The lowest BCUT2D eigenvalue weighted by Crippen LogP contribution is -2.57. The number of carbonyl (C=O) groups is 1. The van der Waals surface area contributed by atoms with E-state index in [0.29, 0.717) is 38.0 Å². The van der Waals surface area contributed by atoms with Crippen molar-refractivity contribution in [3.63, 3.8) is 0 Å². The number of ether oxygens (including phenoxy) is 2. The van der Waals surface area contributed by atoms with E-state index in [9.17, 15) is 4.79 Å². The topological polar surface area (TPSA) is 95.6 Å². The fourth-order valence-corrected chi connectivity index (χ4v) is 2.56. The average molecular weight is 326 g/mol. The molecule has 130 valence electrons. The predicted octanol–water partition coefficient (Wildman–Crippen LogP) is 0.206. The first-order valence-electron chi connectivity index (χ1n) is 7.59. The van der Waals surface area contributed by atoms with Gasteiger partial charge in [-0.15, -0.1) is 5.10 Å². The van der Waals surface area contributed by atoms with Crippen LogP contribution in [0.5, 0.6) is 0 Å². The van der Waals surface area contributed by atoms with Gasteiger partial charge in [-0.2, -0.15) is 4.98 Å². The number of hydrogen-bond acceptors (Lipinski definition) is 6. The Kier molecular flexibility index (Phi) is 5.42. The molecule has 0 bridgehead atoms. The summed E-state index contributed by atoms with van der Waals surface area (Å²) in [6.45, 7) is 5.72. The van der Waals surface area contributed by atoms with Crippen LogP contribution in [0.1, 0.15) is 19.7 Å². The zero-order chi connectivity index (χ0) is 17.0. The molecule has 2 heterocycles. The molecule has 1 atom stereocenters. The molecular formula is C14H26N6O3. The monoisotopic (exact) mass is 326 g/mol. The van der Waals surface area contributed by atoms with E-state index in [0.717, 1.165) is 0 Å². The summed E-state index contributed by atoms with van der Waals surface area (Å²) in [5, 5.41) is 9.72. The highest BCUT2D eigenvalue weighted by molar-refractivity contribution is 5.74. The molecule has 9 heteroatoms. The molecule has 1 aliphatic rings. The lowest BCUT2D eigenvalue weighted by atomic mass is 10.1. The minimum atomic E-state index is -0.400. The van der Waals surface area contributed by atoms with Crippen LogP contribution in [0.3, 0.4) is 0 Å². The second-order valence-electron chi connectivity index (χ2n) is 6.47. The molecule has 1 saturated heterocycles. The Morgan fingerprint density at radius 1 is 1.57 bits per heavy atom. The number of nitrogens with zero attached hydrogens (tertiary/aromatic N) is 4. The molecule has 1 aromatic heterocycles. The number of hydrogen-bond donors (Lipinski definition) is 2. The fourth-order valence-electron chi connectivity index (χ4n) is 2.56. The number of amides is 2. The van der Waals surface area contributed by atoms with Gasteiger partial charge in [0.15, 0.2) is 0 Å². The van der Waals surface area contributed by atoms with Crippen molar-refractivity contribution < 1.29 is 14.3 Å². The Morgan fingerprint density at radius 3 is 2.91 bits per heavy atom. The standard InChI is InChI=1S/C14H26N6O3/c1-14(2)9-20(7-10(23-14)8-22-5)13(21)15-6-11-16-12(18-17-11)19(3)4/h10H,6-9H2,1-5H3,(H,15,21)(H,16,17,18). The van der Waals surface area contributed by atoms with E-state index in [1.54, 1.807) is 16.9 Å². The summed E-state index contributed by atoms with van der Waals surface area (Å²) in [6, 6.07) is -0.148. The fraction of sp³-hybridized carbons (Fsp3) is 0.786. The third kappa shape index (κ3) is 4.80. The molecule has 1 fully saturated rings. The quantitative estimate of drug-likeness (QED) is 0.803. The number of aromatic amines is 1. The number of methoxy groups -OCH3 is 1. The molecule has 0 aromatic carbocycles. The van der Waals surface area contributed by atoms with Crippen LogP contribution in [-0.2, 0) is 16.0 Å². The van der Waals surface area contributed by atoms with Gasteiger partial charge in [-0.1, -0.05) is 0 Å². The minimum absolute atomic E-state index is 0.125. The summed E-state index contributed by atoms with van der Waals surface area (Å²) in [5.74, 6) is 1.20. The SMILES string of the molecule is COCC1CN(C(=O)NCc2nc(N(C)C)n[nH]2)CC(C)(C)O1. The van der Waals surface area contributed by atoms with Crippen LogP contribution in [0, 0.1) is 0 Å². The molecule has 0 radical (unpaired) electrons. The number of nitrogens with one attached hydrogen (secondary N) is 2. The van der Waals surface area contributed by atoms with Gasteiger partial charge in [-0.25, -0.2) is 4.79 Å². The summed E-state index contributed by atoms with van der Waals surface area (Å²) >= 11 is 0. The molecule has 0 aliphatic carbocycles. The third-order valence-electron chi connectivity index (χ3n) is 3.45. The van der Waals surface area contributed by atoms with Gasteiger partial charge < -0.3 is 24.6 Å². The van der Waals surface area contributed by atoms with Gasteiger partial charge in [0.25, 0.3) is 0 Å². The number of carbonyl (C=O) groups excluding carboxylic acids is 1. The van der Waals surface area contributed by atoms with Gasteiger partial charge >= 0.3 is 6.03 Å². The zero-order valence-corrected chi connectivity index (χ0v) is 14.4. The summed E-state index contributed by atoms with van der Waals surface area (Å²) in [4.78, 5) is 20.2. The Balaban J connectivity index is 1.90. The maximum absolute atomic E-state index is 12.4. The van der Waals surface area contributed by atoms with E-state index in [2.05, 4.69) is 20.5 Å². The van der Waals surface area contributed by atoms with Crippen LogP contribution in [0.2, 0.25) is 0 Å². The van der Waals surface area contributed by atoms with Gasteiger partial charge in [0.05, 0.1) is 37.9 Å². The van der Waals surface area contributed by atoms with E-state index < -0.39 is 5.60 Å². The van der Waals surface area contributed by atoms with Crippen molar-refractivity contribution in [2.75, 3.05) is 45.8 Å². The van der Waals surface area contributed by atoms with Crippen molar-refractivity contribution >= 4 is 12.0 Å². The van der Waals surface area contributed by atoms with E-state index in [4.69, 9.17) is 9.47 Å². The lowest BCUT2D eigenvalue weighted by molar-refractivity contribution is -0.142. The van der Waals surface area contributed by atoms with Gasteiger partial charge in [0.1, 0.15) is 5.82 Å². The first kappa shape index (κ1) is 17.5. The van der Waals surface area contributed by atoms with E-state index >= 15 is 0 Å². The molecule has 2 N–H and O–H groups in total. The number of morpholine rings is 1. The zero-order valence-electron chi connectivity index (χ0n) is 14.4. The molecule has 1 aliphatic heterocycles. The Morgan fingerprint density at radius 2 is 2.30 bits per heavy atom. The number of rotatable bonds is 5. The van der Waals surface area contributed by atoms with Crippen LogP contribution in [0.4, 0.5) is 10.7 Å². The first-order valence-corrected chi connectivity index (χ1v) is 7.59. The van der Waals surface area contributed by atoms with Crippen LogP contribution in [0.25, 0.3) is 0 Å². The van der Waals surface area contributed by atoms with Crippen molar-refractivity contribution in [1.82, 2.24) is 25.4 Å². The Hall–Kier alpha value is -1.87. The molecular weight excluding hydrogens is 300 g/mol. The molecule has 1 unspecified atom stereocenters. The normalized spacial score (nSPS) is 20.4. The predicted molar refractivity (Wildman–Crippen MR) is 85.3 cm³/mol. The van der Waals surface area contributed by atoms with Gasteiger partial charge in [0.2, 0.25) is 5.95 Å². The van der Waals surface area contributed by atoms with Crippen LogP contribution < -0.4 is 10.2 Å². The van der Waals surface area contributed by atoms with Crippen LogP contribution in [-0.4, -0.2) is 78.7 Å². The van der Waals surface area contributed by atoms with E-state index in [1.807, 2.05) is 27.9 Å². The van der Waals surface area contributed by atoms with Crippen molar-refractivity contribution in [3.8, 4) is 0 Å². The lowest BCUT2D eigenvalue weighted by Gasteiger charge is -2.42. The number of anilines is 1. The third-order valence-corrected chi connectivity index (χ3v) is 3.45. The summed E-state index contributed by atoms with van der Waals surface area (Å²) in [7, 11) is 5.34. The van der Waals surface area contributed by atoms with Crippen molar-refractivity contribution in [1.29, 1.82) is 0 Å². The summed E-state index contributed by atoms with van der Waals surface area (Å²) in [5.41, 5.74) is -0.400. The minimum Gasteiger partial charge on any atom is -0.382 e. The molecule has 1 aromatic rings. The maximum atomic E-state index is 12.4. The van der Waals surface area contributed by atoms with E-state index in [-0.39, 0.29) is 12.1 Å². The maximum Gasteiger partial charge on any atom is 0.317 e. The molecule has 9 nitrogen and oxygen atoms in total. The van der Waals surface area contributed by atoms with Gasteiger partial charge in [-0.3, -0.25) is 5.10 Å². The number of aromatic nitrogens is 3. The van der Waals surface area contributed by atoms with Gasteiger partial charge in [-0.05, 0) is 13.8 Å². The highest BCUT2D eigenvalue weighted by Gasteiger charge is 2.35. The second-order valence-corrected chi connectivity index (χ2v) is 6.47. The van der Waals surface area contributed by atoms with Crippen molar-refractivity contribution in [2.24, 2.45) is 0 Å². The summed E-state index contributed by atoms with van der Waals surface area (Å²) < 4.78 is 11.1. The Labute approximate surface area is 136 Å². The molecule has 23 heavy (non-hydrogen) atoms. The first-order chi connectivity index (χ1) is 10.8. The number of H-pyrrole nitrogens is 1. The highest BCUT2D eigenvalue weighted by atomic mass is 16.5. The van der Waals surface area contributed by atoms with Crippen LogP contribution >= 0.6 is 0 Å². The van der Waals surface area contributed by atoms with Gasteiger partial charge in [0, 0.05) is 21.2 Å². The molecule has 0 saturated carbocycles. The Bertz CT molecular complexity index is 530. The largest absolute Gasteiger partial charge is 0.382 e. The summed E-state index contributed by atoms with van der Waals surface area (Å²) in [6.07, 6.45) is -0.125. The van der Waals surface area contributed by atoms with Crippen molar-refractivity contribution in [3.05, 3.63) is 5.82 Å². The molecule has 2 rings (SSSR count).